The van der Waals surface area contributed by atoms with Crippen molar-refractivity contribution in [3.05, 3.63) is 35.4 Å². The summed E-state index contributed by atoms with van der Waals surface area (Å²) >= 11 is -0.238. The van der Waals surface area contributed by atoms with E-state index < -0.39 is 0 Å². The van der Waals surface area contributed by atoms with Crippen LogP contribution in [0.5, 0.6) is 0 Å². The van der Waals surface area contributed by atoms with Crippen LogP contribution in [0.4, 0.5) is 0 Å². The molecule has 1 rings (SSSR count). The molecule has 0 unspecified atom stereocenters. The van der Waals surface area contributed by atoms with Gasteiger partial charge < -0.3 is 0 Å². The number of nitriles is 1. The number of nitrogens with zero attached hydrogens (tertiary/aromatic N) is 1. The van der Waals surface area contributed by atoms with Crippen molar-refractivity contribution in [2.45, 2.75) is 31.5 Å². The van der Waals surface area contributed by atoms with Gasteiger partial charge in [-0.05, 0) is 0 Å². The average molecular weight is 280 g/mol. The van der Waals surface area contributed by atoms with Crippen LogP contribution in [0.3, 0.4) is 0 Å². The van der Waals surface area contributed by atoms with Gasteiger partial charge in [-0.1, -0.05) is 0 Å². The van der Waals surface area contributed by atoms with E-state index in [1.54, 1.807) is 0 Å². The van der Waals surface area contributed by atoms with E-state index in [-0.39, 0.29) is 25.1 Å². The van der Waals surface area contributed by atoms with Gasteiger partial charge in [0, 0.05) is 0 Å². The topological polar surface area (TPSA) is 40.9 Å². The van der Waals surface area contributed by atoms with Gasteiger partial charge in [0.15, 0.2) is 0 Å². The maximum atomic E-state index is 11.6. The van der Waals surface area contributed by atoms with Crippen LogP contribution in [0.15, 0.2) is 24.3 Å². The monoisotopic (exact) mass is 281 g/mol. The van der Waals surface area contributed by atoms with E-state index in [0.717, 1.165) is 5.56 Å². The molecule has 84 valence electrons. The Morgan fingerprint density at radius 1 is 1.31 bits per heavy atom. The van der Waals surface area contributed by atoms with E-state index >= 15 is 0 Å². The molecule has 0 N–H and O–H groups in total. The maximum absolute atomic E-state index is 11.6. The van der Waals surface area contributed by atoms with Crippen LogP contribution in [0, 0.1) is 11.3 Å². The molecule has 3 heteroatoms. The van der Waals surface area contributed by atoms with Crippen molar-refractivity contribution in [1.29, 1.82) is 5.26 Å². The number of rotatable bonds is 3. The summed E-state index contributed by atoms with van der Waals surface area (Å²) in [5.74, 6) is 0. The van der Waals surface area contributed by atoms with Crippen LogP contribution in [-0.4, -0.2) is 19.6 Å². The first-order valence-corrected chi connectivity index (χ1v) is 7.16. The summed E-state index contributed by atoms with van der Waals surface area (Å²) in [4.78, 5) is 11.6. The van der Waals surface area contributed by atoms with E-state index in [0.29, 0.717) is 5.32 Å². The Bertz CT molecular complexity index is 409. The first-order chi connectivity index (χ1) is 7.45. The van der Waals surface area contributed by atoms with E-state index in [4.69, 9.17) is 5.26 Å². The Balaban J connectivity index is 2.80. The molecule has 0 saturated carbocycles. The number of hydrogen-bond donors (Lipinski definition) is 0. The molecule has 0 amide bonds. The van der Waals surface area contributed by atoms with Crippen LogP contribution in [0.2, 0.25) is 5.32 Å². The van der Waals surface area contributed by atoms with Crippen molar-refractivity contribution in [2.75, 3.05) is 0 Å². The van der Waals surface area contributed by atoms with E-state index in [9.17, 15) is 4.79 Å². The van der Waals surface area contributed by atoms with Gasteiger partial charge in [-0.15, -0.1) is 0 Å². The Kier molecular flexibility index (Phi) is 4.29. The Morgan fingerprint density at radius 3 is 2.31 bits per heavy atom. The third-order valence-electron chi connectivity index (χ3n) is 2.25. The molecule has 1 aromatic carbocycles. The molecule has 0 aromatic heterocycles. The number of carbonyl (C=O) groups is 1. The molecule has 0 saturated heterocycles. The molecule has 0 heterocycles. The third-order valence-corrected chi connectivity index (χ3v) is 3.87. The van der Waals surface area contributed by atoms with Crippen LogP contribution >= 0.6 is 0 Å². The summed E-state index contributed by atoms with van der Waals surface area (Å²) in [6.45, 7) is 6.43. The molecule has 0 fully saturated rings. The summed E-state index contributed by atoms with van der Waals surface area (Å²) in [6.07, 6.45) is 0. The zero-order valence-corrected chi connectivity index (χ0v) is 11.5. The van der Waals surface area contributed by atoms with Gasteiger partial charge in [0.1, 0.15) is 0 Å². The van der Waals surface area contributed by atoms with E-state index in [1.807, 2.05) is 30.3 Å². The molecule has 0 spiro atoms. The normalized spacial score (nSPS) is 10.9. The van der Waals surface area contributed by atoms with Gasteiger partial charge in [-0.25, -0.2) is 0 Å². The predicted octanol–water partition coefficient (Wildman–Crippen LogP) is 2.77. The Hall–Kier alpha value is -1.10. The minimum absolute atomic E-state index is 0.106. The molecule has 2 nitrogen and oxygen atoms in total. The summed E-state index contributed by atoms with van der Waals surface area (Å²) < 4.78 is 0.106. The van der Waals surface area contributed by atoms with Gasteiger partial charge in [0.05, 0.1) is 0 Å². The van der Waals surface area contributed by atoms with Gasteiger partial charge in [0.2, 0.25) is 0 Å². The van der Waals surface area contributed by atoms with E-state index in [2.05, 4.69) is 20.8 Å². The zero-order valence-electron chi connectivity index (χ0n) is 9.78. The molecule has 1 aromatic rings. The number of benzene rings is 1. The Morgan fingerprint density at radius 2 is 1.88 bits per heavy atom. The molecule has 0 aliphatic rings. The molecule has 0 atom stereocenters. The van der Waals surface area contributed by atoms with Crippen molar-refractivity contribution in [1.82, 2.24) is 0 Å². The van der Waals surface area contributed by atoms with Crippen molar-refractivity contribution in [2.24, 2.45) is 0 Å². The van der Waals surface area contributed by atoms with Crippen molar-refractivity contribution < 1.29 is 4.79 Å². The fourth-order valence-corrected chi connectivity index (χ4v) is 2.33. The molecular formula is C13H15NOSe. The van der Waals surface area contributed by atoms with Gasteiger partial charge in [-0.3, -0.25) is 0 Å². The summed E-state index contributed by atoms with van der Waals surface area (Å²) in [7, 11) is 0. The Labute approximate surface area is 103 Å². The second-order valence-corrected chi connectivity index (χ2v) is 6.55. The van der Waals surface area contributed by atoms with Crippen molar-refractivity contribution >= 4 is 19.6 Å². The molecule has 0 radical (unpaired) electrons. The van der Waals surface area contributed by atoms with E-state index in [1.165, 1.54) is 5.56 Å². The summed E-state index contributed by atoms with van der Waals surface area (Å²) in [5, 5.41) is 8.78. The zero-order chi connectivity index (χ0) is 12.2. The van der Waals surface area contributed by atoms with Gasteiger partial charge in [-0.2, -0.15) is 0 Å². The first kappa shape index (κ1) is 13.0. The second kappa shape index (κ2) is 5.30. The third kappa shape index (κ3) is 3.48. The van der Waals surface area contributed by atoms with Crippen LogP contribution in [0.25, 0.3) is 0 Å². The van der Waals surface area contributed by atoms with Crippen LogP contribution in [0.1, 0.15) is 36.7 Å². The van der Waals surface area contributed by atoms with Gasteiger partial charge >= 0.3 is 103 Å². The van der Waals surface area contributed by atoms with Crippen molar-refractivity contribution in [3.63, 3.8) is 0 Å². The SMILES string of the molecule is CC(C)(C)c1ccc(C(=O)[Se]CC#N)cc1. The van der Waals surface area contributed by atoms with Gasteiger partial charge in [0.25, 0.3) is 0 Å². The molecule has 0 bridgehead atoms. The predicted molar refractivity (Wildman–Crippen MR) is 65.6 cm³/mol. The standard InChI is InChI=1S/C13H15NOSe/c1-13(2,3)11-6-4-10(5-7-11)12(15)16-9-8-14/h4-7H,9H2,1-3H3. The average Bonchev–Trinajstić information content (AvgIpc) is 2.25. The summed E-state index contributed by atoms with van der Waals surface area (Å²) in [5.41, 5.74) is 2.06. The summed E-state index contributed by atoms with van der Waals surface area (Å²) in [6, 6.07) is 9.73. The van der Waals surface area contributed by atoms with Crippen molar-refractivity contribution in [3.8, 4) is 6.07 Å². The number of carbonyl (C=O) groups excluding carboxylic acids is 1. The second-order valence-electron chi connectivity index (χ2n) is 4.56. The molecule has 16 heavy (non-hydrogen) atoms. The minimum atomic E-state index is -0.238. The fourth-order valence-electron chi connectivity index (χ4n) is 1.29. The molecular weight excluding hydrogens is 265 g/mol. The molecule has 0 aliphatic carbocycles. The van der Waals surface area contributed by atoms with Crippen LogP contribution < -0.4 is 0 Å². The number of hydrogen-bond acceptors (Lipinski definition) is 2. The first-order valence-electron chi connectivity index (χ1n) is 5.10. The molecule has 0 aliphatic heterocycles. The quantitative estimate of drug-likeness (QED) is 0.799. The van der Waals surface area contributed by atoms with Crippen LogP contribution in [-0.2, 0) is 5.41 Å². The fraction of sp³-hybridized carbons (Fsp3) is 0.385.